The van der Waals surface area contributed by atoms with Crippen LogP contribution in [-0.4, -0.2) is 20.5 Å². The summed E-state index contributed by atoms with van der Waals surface area (Å²) in [5.41, 5.74) is 2.50. The van der Waals surface area contributed by atoms with E-state index in [1.165, 1.54) is 0 Å². The second-order valence-electron chi connectivity index (χ2n) is 5.44. The number of methoxy groups -OCH3 is 1. The van der Waals surface area contributed by atoms with Gasteiger partial charge in [0.1, 0.15) is 5.75 Å². The summed E-state index contributed by atoms with van der Waals surface area (Å²) < 4.78 is 32.9. The summed E-state index contributed by atoms with van der Waals surface area (Å²) in [5, 5.41) is 0.939. The normalized spacial score (nSPS) is 11.6. The molecule has 0 amide bonds. The molecule has 0 spiro atoms. The number of ether oxygens (including phenoxy) is 1. The van der Waals surface area contributed by atoms with Crippen molar-refractivity contribution < 1.29 is 13.2 Å². The van der Waals surface area contributed by atoms with Crippen molar-refractivity contribution >= 4 is 20.9 Å². The van der Waals surface area contributed by atoms with E-state index in [2.05, 4.69) is 9.71 Å². The lowest BCUT2D eigenvalue weighted by molar-refractivity contribution is 0.411. The molecule has 5 nitrogen and oxygen atoms in total. The number of hydrogen-bond acceptors (Lipinski definition) is 4. The van der Waals surface area contributed by atoms with Crippen molar-refractivity contribution in [3.63, 3.8) is 0 Å². The number of aryl methyl sites for hydroxylation is 1. The molecule has 0 aliphatic heterocycles. The Kier molecular flexibility index (Phi) is 4.51. The molecule has 0 aliphatic carbocycles. The fraction of sp³-hybridized carbons (Fsp3) is 0.167. The van der Waals surface area contributed by atoms with E-state index in [4.69, 9.17) is 4.74 Å². The summed E-state index contributed by atoms with van der Waals surface area (Å²) in [4.78, 5) is 4.51. The Morgan fingerprint density at radius 3 is 2.67 bits per heavy atom. The molecule has 1 aromatic heterocycles. The maximum Gasteiger partial charge on any atom is 0.240 e. The van der Waals surface area contributed by atoms with Crippen molar-refractivity contribution in [1.82, 2.24) is 9.71 Å². The predicted octanol–water partition coefficient (Wildman–Crippen LogP) is 3.03. The molecule has 0 aliphatic rings. The minimum absolute atomic E-state index is 0.205. The average molecular weight is 342 g/mol. The SMILES string of the molecule is COc1ccc(S(=O)(=O)NCc2ccnc3ccccc23)cc1C. The Bertz CT molecular complexity index is 979. The van der Waals surface area contributed by atoms with E-state index >= 15 is 0 Å². The molecule has 0 saturated carbocycles. The molecule has 3 aromatic rings. The summed E-state index contributed by atoms with van der Waals surface area (Å²) in [7, 11) is -2.04. The third-order valence-electron chi connectivity index (χ3n) is 3.87. The molecule has 6 heteroatoms. The van der Waals surface area contributed by atoms with E-state index in [1.807, 2.05) is 37.3 Å². The summed E-state index contributed by atoms with van der Waals surface area (Å²) in [6.07, 6.45) is 1.68. The Balaban J connectivity index is 1.86. The standard InChI is InChI=1S/C18H18N2O3S/c1-13-11-15(7-8-18(13)23-2)24(21,22)20-12-14-9-10-19-17-6-4-3-5-16(14)17/h3-11,20H,12H2,1-2H3. The first-order chi connectivity index (χ1) is 11.5. The number of para-hydroxylation sites is 1. The number of nitrogens with one attached hydrogen (secondary N) is 1. The molecule has 0 fully saturated rings. The predicted molar refractivity (Wildman–Crippen MR) is 93.5 cm³/mol. The van der Waals surface area contributed by atoms with Gasteiger partial charge < -0.3 is 4.74 Å². The van der Waals surface area contributed by atoms with Gasteiger partial charge in [-0.2, -0.15) is 0 Å². The molecule has 24 heavy (non-hydrogen) atoms. The van der Waals surface area contributed by atoms with Crippen LogP contribution in [0.25, 0.3) is 10.9 Å². The molecule has 124 valence electrons. The fourth-order valence-corrected chi connectivity index (χ4v) is 3.67. The maximum atomic E-state index is 12.5. The van der Waals surface area contributed by atoms with Gasteiger partial charge in [-0.05, 0) is 48.4 Å². The highest BCUT2D eigenvalue weighted by atomic mass is 32.2. The molecule has 0 atom stereocenters. The number of aromatic nitrogens is 1. The summed E-state index contributed by atoms with van der Waals surface area (Å²) in [6, 6.07) is 14.3. The monoisotopic (exact) mass is 342 g/mol. The van der Waals surface area contributed by atoms with Gasteiger partial charge in [0.2, 0.25) is 10.0 Å². The zero-order valence-corrected chi connectivity index (χ0v) is 14.3. The van der Waals surface area contributed by atoms with Gasteiger partial charge in [0.25, 0.3) is 0 Å². The number of benzene rings is 2. The van der Waals surface area contributed by atoms with Gasteiger partial charge in [0.15, 0.2) is 0 Å². The Morgan fingerprint density at radius 2 is 1.92 bits per heavy atom. The van der Waals surface area contributed by atoms with Crippen molar-refractivity contribution in [2.75, 3.05) is 7.11 Å². The van der Waals surface area contributed by atoms with Gasteiger partial charge in [0.05, 0.1) is 17.5 Å². The maximum absolute atomic E-state index is 12.5. The van der Waals surface area contributed by atoms with E-state index in [0.29, 0.717) is 5.75 Å². The van der Waals surface area contributed by atoms with Gasteiger partial charge in [-0.25, -0.2) is 13.1 Å². The number of nitrogens with zero attached hydrogens (tertiary/aromatic N) is 1. The van der Waals surface area contributed by atoms with Crippen LogP contribution in [0.4, 0.5) is 0 Å². The lowest BCUT2D eigenvalue weighted by Crippen LogP contribution is -2.23. The molecule has 0 unspecified atom stereocenters. The van der Waals surface area contributed by atoms with Crippen molar-refractivity contribution in [1.29, 1.82) is 0 Å². The van der Waals surface area contributed by atoms with Crippen LogP contribution < -0.4 is 9.46 Å². The molecule has 1 heterocycles. The van der Waals surface area contributed by atoms with Crippen LogP contribution in [0.1, 0.15) is 11.1 Å². The van der Waals surface area contributed by atoms with Gasteiger partial charge in [-0.1, -0.05) is 18.2 Å². The van der Waals surface area contributed by atoms with Crippen LogP contribution in [0.3, 0.4) is 0 Å². The van der Waals surface area contributed by atoms with E-state index < -0.39 is 10.0 Å². The van der Waals surface area contributed by atoms with E-state index in [9.17, 15) is 8.42 Å². The lowest BCUT2D eigenvalue weighted by Gasteiger charge is -2.11. The first kappa shape index (κ1) is 16.4. The van der Waals surface area contributed by atoms with Gasteiger partial charge in [-0.15, -0.1) is 0 Å². The van der Waals surface area contributed by atoms with Gasteiger partial charge in [-0.3, -0.25) is 4.98 Å². The summed E-state index contributed by atoms with van der Waals surface area (Å²) >= 11 is 0. The molecule has 0 bridgehead atoms. The Labute approximate surface area is 141 Å². The van der Waals surface area contributed by atoms with Crippen molar-refractivity contribution in [2.24, 2.45) is 0 Å². The average Bonchev–Trinajstić information content (AvgIpc) is 2.60. The second-order valence-corrected chi connectivity index (χ2v) is 7.21. The fourth-order valence-electron chi connectivity index (χ4n) is 2.58. The van der Waals surface area contributed by atoms with Crippen LogP contribution in [0, 0.1) is 6.92 Å². The quantitative estimate of drug-likeness (QED) is 0.774. The third kappa shape index (κ3) is 3.25. The zero-order chi connectivity index (χ0) is 17.2. The van der Waals surface area contributed by atoms with Gasteiger partial charge >= 0.3 is 0 Å². The molecule has 0 radical (unpaired) electrons. The molecule has 0 saturated heterocycles. The minimum atomic E-state index is -3.60. The Morgan fingerprint density at radius 1 is 1.12 bits per heavy atom. The minimum Gasteiger partial charge on any atom is -0.496 e. The van der Waals surface area contributed by atoms with Crippen LogP contribution >= 0.6 is 0 Å². The second kappa shape index (κ2) is 6.59. The van der Waals surface area contributed by atoms with Gasteiger partial charge in [0, 0.05) is 18.1 Å². The number of hydrogen-bond donors (Lipinski definition) is 1. The number of pyridine rings is 1. The van der Waals surface area contributed by atoms with Crippen LogP contribution in [0.5, 0.6) is 5.75 Å². The summed E-state index contributed by atoms with van der Waals surface area (Å²) in [6.45, 7) is 2.02. The van der Waals surface area contributed by atoms with Crippen LogP contribution in [-0.2, 0) is 16.6 Å². The van der Waals surface area contributed by atoms with E-state index in [-0.39, 0.29) is 11.4 Å². The first-order valence-corrected chi connectivity index (χ1v) is 8.96. The number of fused-ring (bicyclic) bond motifs is 1. The van der Waals surface area contributed by atoms with Crippen molar-refractivity contribution in [3.8, 4) is 5.75 Å². The highest BCUT2D eigenvalue weighted by Gasteiger charge is 2.15. The number of rotatable bonds is 5. The number of sulfonamides is 1. The van der Waals surface area contributed by atoms with Crippen LogP contribution in [0.15, 0.2) is 59.6 Å². The van der Waals surface area contributed by atoms with E-state index in [0.717, 1.165) is 22.0 Å². The molecular formula is C18H18N2O3S. The highest BCUT2D eigenvalue weighted by Crippen LogP contribution is 2.22. The first-order valence-electron chi connectivity index (χ1n) is 7.48. The lowest BCUT2D eigenvalue weighted by atomic mass is 10.1. The molecule has 2 aromatic carbocycles. The smallest absolute Gasteiger partial charge is 0.240 e. The molecular weight excluding hydrogens is 324 g/mol. The zero-order valence-electron chi connectivity index (χ0n) is 13.5. The Hall–Kier alpha value is -2.44. The highest BCUT2D eigenvalue weighted by molar-refractivity contribution is 7.89. The van der Waals surface area contributed by atoms with Crippen molar-refractivity contribution in [2.45, 2.75) is 18.4 Å². The summed E-state index contributed by atoms with van der Waals surface area (Å²) in [5.74, 6) is 0.661. The van der Waals surface area contributed by atoms with Crippen LogP contribution in [0.2, 0.25) is 0 Å². The van der Waals surface area contributed by atoms with Crippen molar-refractivity contribution in [3.05, 3.63) is 65.9 Å². The molecule has 1 N–H and O–H groups in total. The van der Waals surface area contributed by atoms with E-state index in [1.54, 1.807) is 31.5 Å². The molecule has 3 rings (SSSR count). The topological polar surface area (TPSA) is 68.3 Å². The largest absolute Gasteiger partial charge is 0.496 e. The third-order valence-corrected chi connectivity index (χ3v) is 5.27.